The van der Waals surface area contributed by atoms with Crippen molar-refractivity contribution in [3.63, 3.8) is 0 Å². The number of carbonyl (C=O) groups excluding carboxylic acids is 2. The van der Waals surface area contributed by atoms with Crippen molar-refractivity contribution < 1.29 is 9.59 Å². The van der Waals surface area contributed by atoms with Crippen molar-refractivity contribution in [1.29, 1.82) is 5.39 Å². The van der Waals surface area contributed by atoms with Gasteiger partial charge >= 0.3 is 5.69 Å². The van der Waals surface area contributed by atoms with Crippen LogP contribution >= 0.6 is 0 Å². The fourth-order valence-electron chi connectivity index (χ4n) is 2.15. The molecule has 0 bridgehead atoms. The number of benzene rings is 2. The molecule has 2 aromatic rings. The van der Waals surface area contributed by atoms with Crippen molar-refractivity contribution in [2.24, 2.45) is 0 Å². The SMILES string of the molecule is N#[N+]c1ccc2c(c1)C(=O)c1ccccc1C2=O. The first-order valence-corrected chi connectivity index (χ1v) is 5.40. The van der Waals surface area contributed by atoms with E-state index in [-0.39, 0.29) is 22.8 Å². The second-order valence-corrected chi connectivity index (χ2v) is 4.03. The van der Waals surface area contributed by atoms with Gasteiger partial charge in [-0.05, 0) is 6.07 Å². The van der Waals surface area contributed by atoms with Crippen LogP contribution in [0.5, 0.6) is 0 Å². The zero-order chi connectivity index (χ0) is 12.7. The van der Waals surface area contributed by atoms with Crippen LogP contribution in [0.25, 0.3) is 4.98 Å². The first kappa shape index (κ1) is 10.4. The molecule has 0 saturated carbocycles. The molecule has 0 aliphatic heterocycles. The minimum Gasteiger partial charge on any atom is -0.289 e. The molecule has 0 spiro atoms. The zero-order valence-electron chi connectivity index (χ0n) is 9.25. The molecule has 0 amide bonds. The molecule has 4 nitrogen and oxygen atoms in total. The number of diazo groups is 1. The maximum absolute atomic E-state index is 12.2. The maximum atomic E-state index is 12.2. The molecule has 1 aliphatic rings. The Kier molecular flexibility index (Phi) is 2.07. The Morgan fingerprint density at radius 1 is 0.778 bits per heavy atom. The van der Waals surface area contributed by atoms with E-state index in [1.54, 1.807) is 24.3 Å². The largest absolute Gasteiger partial charge is 0.385 e. The van der Waals surface area contributed by atoms with E-state index in [0.29, 0.717) is 16.7 Å². The van der Waals surface area contributed by atoms with Crippen LogP contribution in [0.15, 0.2) is 42.5 Å². The number of nitrogens with zero attached hydrogens (tertiary/aromatic N) is 2. The van der Waals surface area contributed by atoms with Gasteiger partial charge in [-0.25, -0.2) is 0 Å². The molecule has 1 aliphatic carbocycles. The molecule has 0 aromatic heterocycles. The van der Waals surface area contributed by atoms with Gasteiger partial charge < -0.3 is 0 Å². The summed E-state index contributed by atoms with van der Waals surface area (Å²) in [6, 6.07) is 11.1. The summed E-state index contributed by atoms with van der Waals surface area (Å²) in [6.45, 7) is 0. The van der Waals surface area contributed by atoms with Crippen molar-refractivity contribution in [2.75, 3.05) is 0 Å². The maximum Gasteiger partial charge on any atom is 0.385 e. The average molecular weight is 235 g/mol. The van der Waals surface area contributed by atoms with Crippen LogP contribution in [0.4, 0.5) is 5.69 Å². The summed E-state index contributed by atoms with van der Waals surface area (Å²) in [6.07, 6.45) is 0. The van der Waals surface area contributed by atoms with Crippen LogP contribution in [-0.4, -0.2) is 11.6 Å². The van der Waals surface area contributed by atoms with E-state index in [9.17, 15) is 9.59 Å². The normalized spacial score (nSPS) is 12.6. The third kappa shape index (κ3) is 1.28. The molecule has 0 N–H and O–H groups in total. The lowest BCUT2D eigenvalue weighted by molar-refractivity contribution is 0.0979. The first-order chi connectivity index (χ1) is 8.72. The Balaban J connectivity index is 2.31. The lowest BCUT2D eigenvalue weighted by Gasteiger charge is -2.15. The summed E-state index contributed by atoms with van der Waals surface area (Å²) in [5, 5.41) is 8.72. The second-order valence-electron chi connectivity index (χ2n) is 4.03. The van der Waals surface area contributed by atoms with Crippen molar-refractivity contribution >= 4 is 17.3 Å². The predicted molar refractivity (Wildman–Crippen MR) is 64.5 cm³/mol. The number of carbonyl (C=O) groups is 2. The van der Waals surface area contributed by atoms with Gasteiger partial charge in [0.05, 0.1) is 0 Å². The van der Waals surface area contributed by atoms with Crippen molar-refractivity contribution in [2.45, 2.75) is 0 Å². The number of hydrogen-bond acceptors (Lipinski definition) is 3. The number of hydrogen-bond donors (Lipinski definition) is 0. The van der Waals surface area contributed by atoms with Gasteiger partial charge in [0, 0.05) is 34.4 Å². The molecule has 0 heterocycles. The van der Waals surface area contributed by atoms with Crippen LogP contribution < -0.4 is 0 Å². The highest BCUT2D eigenvalue weighted by molar-refractivity contribution is 6.28. The van der Waals surface area contributed by atoms with E-state index in [0.717, 1.165) is 0 Å². The van der Waals surface area contributed by atoms with E-state index in [2.05, 4.69) is 4.98 Å². The van der Waals surface area contributed by atoms with Crippen LogP contribution in [-0.2, 0) is 0 Å². The molecule has 4 heteroatoms. The van der Waals surface area contributed by atoms with E-state index in [4.69, 9.17) is 5.39 Å². The minimum atomic E-state index is -0.217. The summed E-state index contributed by atoms with van der Waals surface area (Å²) >= 11 is 0. The summed E-state index contributed by atoms with van der Waals surface area (Å²) in [4.78, 5) is 27.5. The third-order valence-electron chi connectivity index (χ3n) is 3.02. The molecule has 0 radical (unpaired) electrons. The number of fused-ring (bicyclic) bond motifs is 2. The van der Waals surface area contributed by atoms with Crippen LogP contribution in [0.3, 0.4) is 0 Å². The van der Waals surface area contributed by atoms with Gasteiger partial charge in [-0.15, -0.1) is 0 Å². The van der Waals surface area contributed by atoms with E-state index < -0.39 is 0 Å². The number of rotatable bonds is 0. The lowest BCUT2D eigenvalue weighted by atomic mass is 9.84. The monoisotopic (exact) mass is 235 g/mol. The van der Waals surface area contributed by atoms with Gasteiger partial charge in [0.15, 0.2) is 16.5 Å². The van der Waals surface area contributed by atoms with Gasteiger partial charge in [0.1, 0.15) is 0 Å². The predicted octanol–water partition coefficient (Wildman–Crippen LogP) is 2.95. The summed E-state index contributed by atoms with van der Waals surface area (Å²) < 4.78 is 0. The van der Waals surface area contributed by atoms with Crippen molar-refractivity contribution in [3.05, 3.63) is 69.7 Å². The molecule has 2 aromatic carbocycles. The van der Waals surface area contributed by atoms with E-state index >= 15 is 0 Å². The topological polar surface area (TPSA) is 62.3 Å². The Bertz CT molecular complexity index is 742. The highest BCUT2D eigenvalue weighted by Crippen LogP contribution is 2.29. The summed E-state index contributed by atoms with van der Waals surface area (Å²) in [5.74, 6) is -0.393. The Hall–Kier alpha value is -2.80. The van der Waals surface area contributed by atoms with E-state index in [1.807, 2.05) is 0 Å². The highest BCUT2D eigenvalue weighted by atomic mass is 16.1. The first-order valence-electron chi connectivity index (χ1n) is 5.40. The van der Waals surface area contributed by atoms with Gasteiger partial charge in [0.2, 0.25) is 5.39 Å². The van der Waals surface area contributed by atoms with Crippen molar-refractivity contribution in [3.8, 4) is 0 Å². The molecule has 84 valence electrons. The minimum absolute atomic E-state index is 0.176. The standard InChI is InChI=1S/C14H7N2O2/c15-16-8-5-6-11-12(7-8)14(18)10-4-2-1-3-9(10)13(11)17/h1-7H/q+1. The van der Waals surface area contributed by atoms with Gasteiger partial charge in [-0.2, -0.15) is 0 Å². The molecule has 3 rings (SSSR count). The van der Waals surface area contributed by atoms with Gasteiger partial charge in [-0.1, -0.05) is 24.3 Å². The zero-order valence-corrected chi connectivity index (χ0v) is 9.25. The van der Waals surface area contributed by atoms with Gasteiger partial charge in [-0.3, -0.25) is 9.59 Å². The third-order valence-corrected chi connectivity index (χ3v) is 3.02. The molecule has 0 saturated heterocycles. The van der Waals surface area contributed by atoms with Gasteiger partial charge in [0.25, 0.3) is 0 Å². The van der Waals surface area contributed by atoms with E-state index in [1.165, 1.54) is 18.2 Å². The Labute approximate surface area is 102 Å². The van der Waals surface area contributed by atoms with Crippen molar-refractivity contribution in [1.82, 2.24) is 0 Å². The quantitative estimate of drug-likeness (QED) is 0.563. The summed E-state index contributed by atoms with van der Waals surface area (Å²) in [5.41, 5.74) is 1.71. The highest BCUT2D eigenvalue weighted by Gasteiger charge is 2.30. The fourth-order valence-corrected chi connectivity index (χ4v) is 2.15. The molecule has 18 heavy (non-hydrogen) atoms. The van der Waals surface area contributed by atoms with Crippen LogP contribution in [0.1, 0.15) is 31.8 Å². The smallest absolute Gasteiger partial charge is 0.289 e. The Morgan fingerprint density at radius 3 is 1.94 bits per heavy atom. The molecule has 0 unspecified atom stereocenters. The fraction of sp³-hybridized carbons (Fsp3) is 0. The van der Waals surface area contributed by atoms with Crippen LogP contribution in [0.2, 0.25) is 0 Å². The second kappa shape index (κ2) is 3.60. The summed E-state index contributed by atoms with van der Waals surface area (Å²) in [7, 11) is 0. The molecule has 0 fully saturated rings. The molecule has 0 atom stereocenters. The average Bonchev–Trinajstić information content (AvgIpc) is 2.44. The van der Waals surface area contributed by atoms with Crippen LogP contribution in [0, 0.1) is 5.39 Å². The number of ketones is 2. The lowest BCUT2D eigenvalue weighted by Crippen LogP contribution is -2.20. The molecular weight excluding hydrogens is 228 g/mol. The molecular formula is C14H7N2O2+. The Morgan fingerprint density at radius 2 is 1.33 bits per heavy atom.